The molecule has 0 spiro atoms. The van der Waals surface area contributed by atoms with Crippen LogP contribution in [0.5, 0.6) is 0 Å². The van der Waals surface area contributed by atoms with E-state index in [1.165, 1.54) is 16.8 Å². The quantitative estimate of drug-likeness (QED) is 0.644. The average molecular weight is 289 g/mol. The first-order valence-electron chi connectivity index (χ1n) is 4.86. The summed E-state index contributed by atoms with van der Waals surface area (Å²) in [6, 6.07) is 4.22. The van der Waals surface area contributed by atoms with Gasteiger partial charge in [0.05, 0.1) is 0 Å². The molecule has 0 aliphatic rings. The Morgan fingerprint density at radius 1 is 1.27 bits per heavy atom. The summed E-state index contributed by atoms with van der Waals surface area (Å²) in [6.07, 6.45) is 3.98. The first-order chi connectivity index (χ1) is 7.15. The van der Waals surface area contributed by atoms with Crippen molar-refractivity contribution in [2.45, 2.75) is 13.8 Å². The van der Waals surface area contributed by atoms with E-state index >= 15 is 0 Å². The largest absolute Gasteiger partial charge is 0.381 e. The number of nitrogens with one attached hydrogen (secondary N) is 1. The van der Waals surface area contributed by atoms with Gasteiger partial charge in [0.2, 0.25) is 0 Å². The lowest BCUT2D eigenvalue weighted by Crippen LogP contribution is -2.02. The molecule has 0 amide bonds. The molecule has 0 aromatic heterocycles. The summed E-state index contributed by atoms with van der Waals surface area (Å²) >= 11 is 9.03. The second-order valence-electron chi connectivity index (χ2n) is 3.42. The summed E-state index contributed by atoms with van der Waals surface area (Å²) in [5.41, 5.74) is 3.71. The lowest BCUT2D eigenvalue weighted by Gasteiger charge is -2.11. The van der Waals surface area contributed by atoms with Crippen LogP contribution in [0.4, 0.5) is 5.69 Å². The molecule has 82 valence electrons. The monoisotopic (exact) mass is 287 g/mol. The van der Waals surface area contributed by atoms with Crippen molar-refractivity contribution >= 4 is 33.2 Å². The van der Waals surface area contributed by atoms with E-state index in [0.717, 1.165) is 11.0 Å². The Balaban J connectivity index is 2.72. The van der Waals surface area contributed by atoms with E-state index in [4.69, 9.17) is 11.6 Å². The SMILES string of the molecule is Cc1cc(Br)cc(C)c1NC/C=C/CCl. The van der Waals surface area contributed by atoms with Gasteiger partial charge in [-0.05, 0) is 37.1 Å². The van der Waals surface area contributed by atoms with E-state index in [9.17, 15) is 0 Å². The van der Waals surface area contributed by atoms with Gasteiger partial charge in [0.25, 0.3) is 0 Å². The molecule has 0 aliphatic carbocycles. The van der Waals surface area contributed by atoms with Crippen LogP contribution in [0.25, 0.3) is 0 Å². The number of rotatable bonds is 4. The molecule has 0 fully saturated rings. The second kappa shape index (κ2) is 6.19. The van der Waals surface area contributed by atoms with Crippen LogP contribution in [-0.2, 0) is 0 Å². The van der Waals surface area contributed by atoms with E-state index in [1.807, 2.05) is 12.2 Å². The smallest absolute Gasteiger partial charge is 0.0404 e. The van der Waals surface area contributed by atoms with E-state index in [-0.39, 0.29) is 0 Å². The van der Waals surface area contributed by atoms with Crippen molar-refractivity contribution in [3.8, 4) is 0 Å². The number of hydrogen-bond donors (Lipinski definition) is 1. The lowest BCUT2D eigenvalue weighted by atomic mass is 10.1. The summed E-state index contributed by atoms with van der Waals surface area (Å²) in [6.45, 7) is 5.02. The molecule has 3 heteroatoms. The number of allylic oxidation sites excluding steroid dienone is 1. The third-order valence-electron chi connectivity index (χ3n) is 2.15. The van der Waals surface area contributed by atoms with Crippen LogP contribution in [-0.4, -0.2) is 12.4 Å². The molecule has 15 heavy (non-hydrogen) atoms. The molecular weight excluding hydrogens is 273 g/mol. The summed E-state index contributed by atoms with van der Waals surface area (Å²) < 4.78 is 1.12. The van der Waals surface area contributed by atoms with Gasteiger partial charge in [-0.2, -0.15) is 0 Å². The molecule has 0 saturated carbocycles. The summed E-state index contributed by atoms with van der Waals surface area (Å²) in [7, 11) is 0. The van der Waals surface area contributed by atoms with Crippen LogP contribution in [0.3, 0.4) is 0 Å². The van der Waals surface area contributed by atoms with Crippen LogP contribution in [0.1, 0.15) is 11.1 Å². The zero-order chi connectivity index (χ0) is 11.3. The maximum Gasteiger partial charge on any atom is 0.0404 e. The Kier molecular flexibility index (Phi) is 5.20. The van der Waals surface area contributed by atoms with Gasteiger partial charge in [-0.15, -0.1) is 11.6 Å². The van der Waals surface area contributed by atoms with Gasteiger partial charge in [0, 0.05) is 22.6 Å². The minimum Gasteiger partial charge on any atom is -0.381 e. The van der Waals surface area contributed by atoms with Crippen molar-refractivity contribution in [3.05, 3.63) is 39.9 Å². The van der Waals surface area contributed by atoms with E-state index < -0.39 is 0 Å². The van der Waals surface area contributed by atoms with Crippen molar-refractivity contribution in [2.75, 3.05) is 17.7 Å². The highest BCUT2D eigenvalue weighted by atomic mass is 79.9. The van der Waals surface area contributed by atoms with Gasteiger partial charge in [0.15, 0.2) is 0 Å². The van der Waals surface area contributed by atoms with Crippen LogP contribution in [0.2, 0.25) is 0 Å². The molecule has 0 atom stereocenters. The van der Waals surface area contributed by atoms with Crippen LogP contribution >= 0.6 is 27.5 Å². The normalized spacial score (nSPS) is 10.9. The maximum atomic E-state index is 5.55. The number of hydrogen-bond acceptors (Lipinski definition) is 1. The van der Waals surface area contributed by atoms with Crippen molar-refractivity contribution in [1.29, 1.82) is 0 Å². The third-order valence-corrected chi connectivity index (χ3v) is 2.79. The fourth-order valence-corrected chi connectivity index (χ4v) is 2.31. The minimum atomic E-state index is 0.569. The molecule has 0 radical (unpaired) electrons. The molecule has 0 bridgehead atoms. The maximum absolute atomic E-state index is 5.55. The molecule has 0 saturated heterocycles. The second-order valence-corrected chi connectivity index (χ2v) is 4.65. The zero-order valence-electron chi connectivity index (χ0n) is 8.98. The fourth-order valence-electron chi connectivity index (χ4n) is 1.50. The van der Waals surface area contributed by atoms with Gasteiger partial charge in [-0.3, -0.25) is 0 Å². The van der Waals surface area contributed by atoms with E-state index in [2.05, 4.69) is 47.2 Å². The molecule has 0 unspecified atom stereocenters. The Morgan fingerprint density at radius 3 is 2.40 bits per heavy atom. The topological polar surface area (TPSA) is 12.0 Å². The first kappa shape index (κ1) is 12.6. The number of aryl methyl sites for hydroxylation is 2. The highest BCUT2D eigenvalue weighted by molar-refractivity contribution is 9.10. The van der Waals surface area contributed by atoms with Gasteiger partial charge in [-0.25, -0.2) is 0 Å². The van der Waals surface area contributed by atoms with Crippen molar-refractivity contribution < 1.29 is 0 Å². The van der Waals surface area contributed by atoms with Gasteiger partial charge >= 0.3 is 0 Å². The average Bonchev–Trinajstić information content (AvgIpc) is 2.15. The van der Waals surface area contributed by atoms with Crippen molar-refractivity contribution in [2.24, 2.45) is 0 Å². The number of anilines is 1. The zero-order valence-corrected chi connectivity index (χ0v) is 11.3. The molecule has 1 rings (SSSR count). The highest BCUT2D eigenvalue weighted by Gasteiger charge is 2.02. The number of halogens is 2. The van der Waals surface area contributed by atoms with E-state index in [0.29, 0.717) is 5.88 Å². The first-order valence-corrected chi connectivity index (χ1v) is 6.19. The molecule has 1 nitrogen and oxygen atoms in total. The summed E-state index contributed by atoms with van der Waals surface area (Å²) in [5.74, 6) is 0.569. The number of benzene rings is 1. The van der Waals surface area contributed by atoms with Crippen LogP contribution < -0.4 is 5.32 Å². The molecule has 1 N–H and O–H groups in total. The predicted octanol–water partition coefficient (Wildman–Crippen LogP) is 4.27. The Hall–Kier alpha value is -0.470. The summed E-state index contributed by atoms with van der Waals surface area (Å²) in [4.78, 5) is 0. The predicted molar refractivity (Wildman–Crippen MR) is 72.0 cm³/mol. The Morgan fingerprint density at radius 2 is 1.87 bits per heavy atom. The molecule has 0 aliphatic heterocycles. The lowest BCUT2D eigenvalue weighted by molar-refractivity contribution is 1.26. The van der Waals surface area contributed by atoms with Gasteiger partial charge in [0.1, 0.15) is 0 Å². The third kappa shape index (κ3) is 3.88. The van der Waals surface area contributed by atoms with Crippen LogP contribution in [0.15, 0.2) is 28.8 Å². The summed E-state index contributed by atoms with van der Waals surface area (Å²) in [5, 5.41) is 3.38. The molecular formula is C12H15BrClN. The van der Waals surface area contributed by atoms with Crippen LogP contribution in [0, 0.1) is 13.8 Å². The Labute approximate surface area is 105 Å². The van der Waals surface area contributed by atoms with E-state index in [1.54, 1.807) is 0 Å². The van der Waals surface area contributed by atoms with Crippen molar-refractivity contribution in [1.82, 2.24) is 0 Å². The van der Waals surface area contributed by atoms with Crippen molar-refractivity contribution in [3.63, 3.8) is 0 Å². The van der Waals surface area contributed by atoms with Gasteiger partial charge in [-0.1, -0.05) is 28.1 Å². The molecule has 1 aromatic carbocycles. The molecule has 0 heterocycles. The van der Waals surface area contributed by atoms with Gasteiger partial charge < -0.3 is 5.32 Å². The minimum absolute atomic E-state index is 0.569. The number of alkyl halides is 1. The Bertz CT molecular complexity index is 338. The standard InChI is InChI=1S/C12H15BrClN/c1-9-7-11(13)8-10(2)12(9)15-6-4-3-5-14/h3-4,7-8,15H,5-6H2,1-2H3/b4-3+. The fraction of sp³-hybridized carbons (Fsp3) is 0.333. The highest BCUT2D eigenvalue weighted by Crippen LogP contribution is 2.24. The molecule has 1 aromatic rings.